The number of hydroxylamine groups is 4. The van der Waals surface area contributed by atoms with E-state index in [0.717, 1.165) is 0 Å². The molecule has 2 aliphatic heterocycles. The number of carbonyl (C=O) groups is 2. The molecular weight excluding hydrogens is 460 g/mol. The average molecular weight is 513 g/mol. The van der Waals surface area contributed by atoms with Crippen molar-refractivity contribution in [2.45, 2.75) is 168 Å². The van der Waals surface area contributed by atoms with Crippen LogP contribution in [0.4, 0.5) is 0 Å². The summed E-state index contributed by atoms with van der Waals surface area (Å²) in [6.07, 6.45) is 2.39. The minimum atomic E-state index is -0.359. The van der Waals surface area contributed by atoms with E-state index in [1.54, 1.807) is 0 Å². The maximum absolute atomic E-state index is 12.6. The van der Waals surface area contributed by atoms with Gasteiger partial charge in [-0.2, -0.15) is 10.1 Å². The summed E-state index contributed by atoms with van der Waals surface area (Å²) >= 11 is 0. The summed E-state index contributed by atoms with van der Waals surface area (Å²) in [5, 5.41) is 4.10. The van der Waals surface area contributed by atoms with Crippen LogP contribution < -0.4 is 0 Å². The van der Waals surface area contributed by atoms with Crippen LogP contribution in [0.15, 0.2) is 0 Å². The summed E-state index contributed by atoms with van der Waals surface area (Å²) in [6, 6.07) is 0. The van der Waals surface area contributed by atoms with E-state index in [2.05, 4.69) is 55.4 Å². The van der Waals surface area contributed by atoms with E-state index < -0.39 is 0 Å². The molecule has 0 aromatic heterocycles. The van der Waals surface area contributed by atoms with Gasteiger partial charge in [-0.15, -0.1) is 0 Å². The molecule has 0 spiro atoms. The number of hydrogen-bond acceptors (Lipinski definition) is 8. The molecule has 210 valence electrons. The Morgan fingerprint density at radius 1 is 0.611 bits per heavy atom. The molecule has 0 saturated carbocycles. The number of esters is 2. The summed E-state index contributed by atoms with van der Waals surface area (Å²) in [6.45, 7) is 24.9. The zero-order valence-electron chi connectivity index (χ0n) is 24.9. The first-order valence-electron chi connectivity index (χ1n) is 13.6. The third-order valence-corrected chi connectivity index (χ3v) is 6.87. The molecule has 2 saturated heterocycles. The SMILES string of the molecule is CC(C)ON1C(C)(C)CC(OC(=O)CCC(=O)OC2CC(C)(C)N(OC(C)C)C(C)(C)C2)CC1(C)C. The van der Waals surface area contributed by atoms with Crippen LogP contribution in [-0.4, -0.2) is 68.6 Å². The monoisotopic (exact) mass is 512 g/mol. The summed E-state index contributed by atoms with van der Waals surface area (Å²) < 4.78 is 11.6. The van der Waals surface area contributed by atoms with Crippen molar-refractivity contribution in [1.82, 2.24) is 10.1 Å². The zero-order valence-corrected chi connectivity index (χ0v) is 24.9. The molecule has 2 heterocycles. The highest BCUT2D eigenvalue weighted by atomic mass is 16.7. The van der Waals surface area contributed by atoms with E-state index >= 15 is 0 Å². The topological polar surface area (TPSA) is 77.5 Å². The molecule has 2 fully saturated rings. The Balaban J connectivity index is 1.88. The fraction of sp³-hybridized carbons (Fsp3) is 0.929. The van der Waals surface area contributed by atoms with Crippen molar-refractivity contribution in [2.24, 2.45) is 0 Å². The second-order valence-electron chi connectivity index (χ2n) is 13.7. The number of hydrogen-bond donors (Lipinski definition) is 0. The molecule has 0 radical (unpaired) electrons. The molecule has 0 bridgehead atoms. The van der Waals surface area contributed by atoms with E-state index in [1.807, 2.05) is 37.8 Å². The summed E-state index contributed by atoms with van der Waals surface area (Å²) in [5.41, 5.74) is -1.15. The minimum absolute atomic E-state index is 0.0183. The van der Waals surface area contributed by atoms with Gasteiger partial charge in [-0.25, -0.2) is 0 Å². The highest BCUT2D eigenvalue weighted by Crippen LogP contribution is 2.41. The third-order valence-electron chi connectivity index (χ3n) is 6.87. The Bertz CT molecular complexity index is 674. The van der Waals surface area contributed by atoms with Gasteiger partial charge in [-0.1, -0.05) is 0 Å². The van der Waals surface area contributed by atoms with Gasteiger partial charge in [0, 0.05) is 47.8 Å². The Morgan fingerprint density at radius 2 is 0.861 bits per heavy atom. The molecule has 0 aromatic carbocycles. The molecule has 8 heteroatoms. The van der Waals surface area contributed by atoms with Crippen LogP contribution in [0, 0.1) is 0 Å². The molecule has 36 heavy (non-hydrogen) atoms. The maximum atomic E-state index is 12.6. The van der Waals surface area contributed by atoms with Crippen molar-refractivity contribution in [3.63, 3.8) is 0 Å². The van der Waals surface area contributed by atoms with E-state index in [9.17, 15) is 9.59 Å². The number of ether oxygens (including phenoxy) is 2. The van der Waals surface area contributed by atoms with E-state index in [0.29, 0.717) is 25.7 Å². The number of nitrogens with zero attached hydrogens (tertiary/aromatic N) is 2. The van der Waals surface area contributed by atoms with Crippen molar-refractivity contribution in [1.29, 1.82) is 0 Å². The number of rotatable bonds is 9. The lowest BCUT2D eigenvalue weighted by Gasteiger charge is -2.54. The van der Waals surface area contributed by atoms with Crippen LogP contribution in [0.5, 0.6) is 0 Å². The molecule has 0 N–H and O–H groups in total. The second-order valence-corrected chi connectivity index (χ2v) is 13.7. The quantitative estimate of drug-likeness (QED) is 0.371. The Morgan fingerprint density at radius 3 is 1.08 bits per heavy atom. The van der Waals surface area contributed by atoms with Crippen molar-refractivity contribution >= 4 is 11.9 Å². The van der Waals surface area contributed by atoms with E-state index in [4.69, 9.17) is 19.1 Å². The Hall–Kier alpha value is -1.22. The van der Waals surface area contributed by atoms with Crippen molar-refractivity contribution in [3.8, 4) is 0 Å². The highest BCUT2D eigenvalue weighted by Gasteiger charge is 2.49. The third kappa shape index (κ3) is 8.14. The lowest BCUT2D eigenvalue weighted by Crippen LogP contribution is -2.62. The molecular formula is C28H52N2O6. The molecule has 0 atom stereocenters. The van der Waals surface area contributed by atoms with Crippen LogP contribution >= 0.6 is 0 Å². The van der Waals surface area contributed by atoms with Gasteiger partial charge in [-0.05, 0) is 83.1 Å². The number of carbonyl (C=O) groups excluding carboxylic acids is 2. The van der Waals surface area contributed by atoms with Gasteiger partial charge in [0.1, 0.15) is 12.2 Å². The van der Waals surface area contributed by atoms with Crippen LogP contribution in [0.1, 0.15) is 122 Å². The second kappa shape index (κ2) is 11.3. The fourth-order valence-electron chi connectivity index (χ4n) is 6.20. The summed E-state index contributed by atoms with van der Waals surface area (Å²) in [7, 11) is 0. The van der Waals surface area contributed by atoms with Gasteiger partial charge in [0.25, 0.3) is 0 Å². The van der Waals surface area contributed by atoms with Gasteiger partial charge >= 0.3 is 11.9 Å². The molecule has 0 amide bonds. The molecule has 2 rings (SSSR count). The Kier molecular flexibility index (Phi) is 9.70. The van der Waals surface area contributed by atoms with Crippen LogP contribution in [0.2, 0.25) is 0 Å². The van der Waals surface area contributed by atoms with E-state index in [-0.39, 0.29) is 71.4 Å². The first kappa shape index (κ1) is 31.0. The zero-order chi connectivity index (χ0) is 27.7. The lowest BCUT2D eigenvalue weighted by molar-refractivity contribution is -0.309. The molecule has 0 aromatic rings. The lowest BCUT2D eigenvalue weighted by atomic mass is 9.80. The molecule has 2 aliphatic rings. The predicted octanol–water partition coefficient (Wildman–Crippen LogP) is 5.58. The Labute approximate surface area is 219 Å². The van der Waals surface area contributed by atoms with Crippen LogP contribution in [-0.2, 0) is 28.7 Å². The first-order chi connectivity index (χ1) is 16.2. The largest absolute Gasteiger partial charge is 0.462 e. The van der Waals surface area contributed by atoms with Crippen molar-refractivity contribution in [2.75, 3.05) is 0 Å². The standard InChI is InChI=1S/C28H52N2O6/c1-19(2)35-29-25(5,6)15-21(16-26(29,7)8)33-23(31)13-14-24(32)34-22-17-27(9,10)30(36-20(3)4)28(11,12)18-22/h19-22H,13-18H2,1-12H3. The maximum Gasteiger partial charge on any atom is 0.306 e. The van der Waals surface area contributed by atoms with Crippen LogP contribution in [0.3, 0.4) is 0 Å². The average Bonchev–Trinajstić information content (AvgIpc) is 2.64. The fourth-order valence-corrected chi connectivity index (χ4v) is 6.20. The van der Waals surface area contributed by atoms with Gasteiger partial charge in [0.05, 0.1) is 25.0 Å². The summed E-state index contributed by atoms with van der Waals surface area (Å²) in [5.74, 6) is -0.717. The highest BCUT2D eigenvalue weighted by molar-refractivity contribution is 5.77. The predicted molar refractivity (Wildman–Crippen MR) is 140 cm³/mol. The molecule has 8 nitrogen and oxygen atoms in total. The normalized spacial score (nSPS) is 24.7. The van der Waals surface area contributed by atoms with Gasteiger partial charge in [-0.3, -0.25) is 19.3 Å². The van der Waals surface area contributed by atoms with Crippen molar-refractivity contribution in [3.05, 3.63) is 0 Å². The van der Waals surface area contributed by atoms with Crippen LogP contribution in [0.25, 0.3) is 0 Å². The molecule has 0 aliphatic carbocycles. The first-order valence-corrected chi connectivity index (χ1v) is 13.6. The van der Waals surface area contributed by atoms with Gasteiger partial charge in [0.2, 0.25) is 0 Å². The van der Waals surface area contributed by atoms with E-state index in [1.165, 1.54) is 0 Å². The van der Waals surface area contributed by atoms with Gasteiger partial charge in [0.15, 0.2) is 0 Å². The van der Waals surface area contributed by atoms with Crippen molar-refractivity contribution < 1.29 is 28.7 Å². The number of piperidine rings is 2. The van der Waals surface area contributed by atoms with Gasteiger partial charge < -0.3 is 9.47 Å². The summed E-state index contributed by atoms with van der Waals surface area (Å²) in [4.78, 5) is 37.5. The smallest absolute Gasteiger partial charge is 0.306 e. The minimum Gasteiger partial charge on any atom is -0.462 e. The molecule has 0 unspecified atom stereocenters.